The number of aromatic nitrogens is 5. The Morgan fingerprint density at radius 2 is 1.93 bits per heavy atom. The number of anilines is 3. The fourth-order valence-corrected chi connectivity index (χ4v) is 3.29. The zero-order valence-electron chi connectivity index (χ0n) is 15.3. The minimum Gasteiger partial charge on any atom is -0.359 e. The number of benzene rings is 2. The Bertz CT molecular complexity index is 1270. The summed E-state index contributed by atoms with van der Waals surface area (Å²) in [6.07, 6.45) is 3.45. The van der Waals surface area contributed by atoms with Gasteiger partial charge in [0, 0.05) is 35.0 Å². The molecule has 2 aromatic carbocycles. The first kappa shape index (κ1) is 16.3. The van der Waals surface area contributed by atoms with E-state index in [4.69, 9.17) is 0 Å². The van der Waals surface area contributed by atoms with Gasteiger partial charge in [-0.05, 0) is 55.0 Å². The molecule has 0 saturated carbocycles. The van der Waals surface area contributed by atoms with E-state index in [0.717, 1.165) is 39.3 Å². The Morgan fingerprint density at radius 1 is 0.964 bits per heavy atom. The standard InChI is InChI=1S/C21H19N7/c1-13-8-15-10-16(3-5-17(15)26-13)27-20-6-7-22-21(28-20)23-11-14-2-4-18-19(9-14)25-12-24-18/h2-10,12,26H,11H2,1H3,(H,24,25)(H2,22,23,27,28). The minimum atomic E-state index is 0.577. The van der Waals surface area contributed by atoms with Crippen molar-refractivity contribution in [2.75, 3.05) is 10.6 Å². The predicted octanol–water partition coefficient (Wildman–Crippen LogP) is 4.50. The normalized spacial score (nSPS) is 11.2. The molecule has 0 radical (unpaired) electrons. The Hall–Kier alpha value is -3.87. The molecule has 0 aliphatic heterocycles. The maximum absolute atomic E-state index is 4.56. The SMILES string of the molecule is Cc1cc2cc(Nc3ccnc(NCc4ccc5nc[nH]c5c4)n3)ccc2[nH]1. The molecule has 0 bridgehead atoms. The monoisotopic (exact) mass is 369 g/mol. The van der Waals surface area contributed by atoms with E-state index in [0.29, 0.717) is 12.5 Å². The van der Waals surface area contributed by atoms with Crippen LogP contribution in [-0.2, 0) is 6.54 Å². The lowest BCUT2D eigenvalue weighted by atomic mass is 10.2. The highest BCUT2D eigenvalue weighted by molar-refractivity contribution is 5.84. The van der Waals surface area contributed by atoms with Gasteiger partial charge in [-0.2, -0.15) is 4.98 Å². The van der Waals surface area contributed by atoms with Crippen LogP contribution in [0.15, 0.2) is 61.1 Å². The molecule has 0 unspecified atom stereocenters. The molecule has 0 amide bonds. The molecule has 3 aromatic heterocycles. The molecule has 0 aliphatic carbocycles. The fourth-order valence-electron chi connectivity index (χ4n) is 3.29. The summed E-state index contributed by atoms with van der Waals surface area (Å²) < 4.78 is 0. The molecule has 28 heavy (non-hydrogen) atoms. The van der Waals surface area contributed by atoms with Crippen LogP contribution in [0.3, 0.4) is 0 Å². The molecule has 0 spiro atoms. The van der Waals surface area contributed by atoms with E-state index in [2.05, 4.69) is 66.7 Å². The van der Waals surface area contributed by atoms with Crippen molar-refractivity contribution >= 4 is 39.4 Å². The molecule has 4 N–H and O–H groups in total. The highest BCUT2D eigenvalue weighted by atomic mass is 15.1. The van der Waals surface area contributed by atoms with E-state index in [1.165, 1.54) is 5.39 Å². The lowest BCUT2D eigenvalue weighted by Gasteiger charge is -2.09. The van der Waals surface area contributed by atoms with Gasteiger partial charge in [0.1, 0.15) is 5.82 Å². The average molecular weight is 369 g/mol. The first-order chi connectivity index (χ1) is 13.7. The second-order valence-corrected chi connectivity index (χ2v) is 6.75. The molecule has 0 atom stereocenters. The predicted molar refractivity (Wildman–Crippen MR) is 112 cm³/mol. The quantitative estimate of drug-likeness (QED) is 0.366. The van der Waals surface area contributed by atoms with E-state index in [1.807, 2.05) is 24.3 Å². The zero-order chi connectivity index (χ0) is 18.9. The van der Waals surface area contributed by atoms with Crippen molar-refractivity contribution in [1.29, 1.82) is 0 Å². The summed E-state index contributed by atoms with van der Waals surface area (Å²) >= 11 is 0. The number of imidazole rings is 1. The number of nitrogens with zero attached hydrogens (tertiary/aromatic N) is 3. The van der Waals surface area contributed by atoms with Gasteiger partial charge in [0.25, 0.3) is 0 Å². The van der Waals surface area contributed by atoms with Crippen LogP contribution < -0.4 is 10.6 Å². The van der Waals surface area contributed by atoms with Crippen molar-refractivity contribution < 1.29 is 0 Å². The molecule has 7 nitrogen and oxygen atoms in total. The topological polar surface area (TPSA) is 94.3 Å². The second kappa shape index (κ2) is 6.70. The molecule has 5 rings (SSSR count). The third kappa shape index (κ3) is 3.25. The number of hydrogen-bond donors (Lipinski definition) is 4. The van der Waals surface area contributed by atoms with Crippen molar-refractivity contribution in [3.63, 3.8) is 0 Å². The summed E-state index contributed by atoms with van der Waals surface area (Å²) in [5.74, 6) is 1.32. The number of H-pyrrole nitrogens is 2. The van der Waals surface area contributed by atoms with Gasteiger partial charge in [0.05, 0.1) is 17.4 Å². The van der Waals surface area contributed by atoms with Gasteiger partial charge in [0.2, 0.25) is 5.95 Å². The van der Waals surface area contributed by atoms with Crippen LogP contribution in [0.4, 0.5) is 17.5 Å². The second-order valence-electron chi connectivity index (χ2n) is 6.75. The molecule has 0 aliphatic rings. The molecule has 0 fully saturated rings. The van der Waals surface area contributed by atoms with E-state index in [9.17, 15) is 0 Å². The van der Waals surface area contributed by atoms with Crippen LogP contribution >= 0.6 is 0 Å². The Labute approximate surface area is 161 Å². The summed E-state index contributed by atoms with van der Waals surface area (Å²) in [6, 6.07) is 16.3. The molecule has 3 heterocycles. The maximum atomic E-state index is 4.56. The number of aryl methyl sites for hydroxylation is 1. The highest BCUT2D eigenvalue weighted by Crippen LogP contribution is 2.22. The molecule has 5 aromatic rings. The molecule has 7 heteroatoms. The van der Waals surface area contributed by atoms with Crippen LogP contribution in [0.25, 0.3) is 21.9 Å². The van der Waals surface area contributed by atoms with Crippen molar-refractivity contribution in [1.82, 2.24) is 24.9 Å². The summed E-state index contributed by atoms with van der Waals surface area (Å²) in [5.41, 5.74) is 6.37. The first-order valence-corrected chi connectivity index (χ1v) is 9.08. The van der Waals surface area contributed by atoms with E-state index in [-0.39, 0.29) is 0 Å². The lowest BCUT2D eigenvalue weighted by Crippen LogP contribution is -2.05. The average Bonchev–Trinajstić information content (AvgIpc) is 3.31. The summed E-state index contributed by atoms with van der Waals surface area (Å²) in [5, 5.41) is 7.79. The van der Waals surface area contributed by atoms with Crippen molar-refractivity contribution in [2.24, 2.45) is 0 Å². The zero-order valence-corrected chi connectivity index (χ0v) is 15.3. The highest BCUT2D eigenvalue weighted by Gasteiger charge is 2.04. The van der Waals surface area contributed by atoms with E-state index in [1.54, 1.807) is 12.5 Å². The van der Waals surface area contributed by atoms with Crippen LogP contribution in [0, 0.1) is 6.92 Å². The smallest absolute Gasteiger partial charge is 0.224 e. The van der Waals surface area contributed by atoms with Crippen LogP contribution in [0.1, 0.15) is 11.3 Å². The largest absolute Gasteiger partial charge is 0.359 e. The number of fused-ring (bicyclic) bond motifs is 2. The number of nitrogens with one attached hydrogen (secondary N) is 4. The summed E-state index contributed by atoms with van der Waals surface area (Å²) in [4.78, 5) is 19.6. The fraction of sp³-hybridized carbons (Fsp3) is 0.0952. The molecule has 0 saturated heterocycles. The third-order valence-corrected chi connectivity index (χ3v) is 4.62. The maximum Gasteiger partial charge on any atom is 0.224 e. The van der Waals surface area contributed by atoms with Gasteiger partial charge < -0.3 is 20.6 Å². The van der Waals surface area contributed by atoms with Gasteiger partial charge in [-0.1, -0.05) is 6.07 Å². The molecule has 138 valence electrons. The number of rotatable bonds is 5. The Balaban J connectivity index is 1.30. The van der Waals surface area contributed by atoms with Crippen molar-refractivity contribution in [2.45, 2.75) is 13.5 Å². The summed E-state index contributed by atoms with van der Waals surface area (Å²) in [7, 11) is 0. The minimum absolute atomic E-state index is 0.577. The number of aromatic amines is 2. The van der Waals surface area contributed by atoms with Gasteiger partial charge in [-0.25, -0.2) is 9.97 Å². The van der Waals surface area contributed by atoms with Crippen LogP contribution in [0.2, 0.25) is 0 Å². The van der Waals surface area contributed by atoms with Gasteiger partial charge >= 0.3 is 0 Å². The number of hydrogen-bond acceptors (Lipinski definition) is 5. The Kier molecular flexibility index (Phi) is 3.90. The van der Waals surface area contributed by atoms with Crippen molar-refractivity contribution in [3.8, 4) is 0 Å². The first-order valence-electron chi connectivity index (χ1n) is 9.08. The van der Waals surface area contributed by atoms with E-state index < -0.39 is 0 Å². The van der Waals surface area contributed by atoms with Crippen LogP contribution in [-0.4, -0.2) is 24.9 Å². The van der Waals surface area contributed by atoms with Gasteiger partial charge in [0.15, 0.2) is 0 Å². The van der Waals surface area contributed by atoms with Gasteiger partial charge in [-0.3, -0.25) is 0 Å². The van der Waals surface area contributed by atoms with Crippen LogP contribution in [0.5, 0.6) is 0 Å². The molecular formula is C21H19N7. The van der Waals surface area contributed by atoms with Crippen molar-refractivity contribution in [3.05, 3.63) is 72.3 Å². The molecular weight excluding hydrogens is 350 g/mol. The summed E-state index contributed by atoms with van der Waals surface area (Å²) in [6.45, 7) is 2.69. The lowest BCUT2D eigenvalue weighted by molar-refractivity contribution is 1.06. The third-order valence-electron chi connectivity index (χ3n) is 4.62. The van der Waals surface area contributed by atoms with Gasteiger partial charge in [-0.15, -0.1) is 0 Å². The van der Waals surface area contributed by atoms with E-state index >= 15 is 0 Å². The Morgan fingerprint density at radius 3 is 2.89 bits per heavy atom.